The minimum atomic E-state index is -0.151. The molecule has 0 bridgehead atoms. The van der Waals surface area contributed by atoms with Crippen molar-refractivity contribution in [2.45, 2.75) is 6.92 Å². The molecular formula is C10H17ClN6O. The summed E-state index contributed by atoms with van der Waals surface area (Å²) in [6.45, 7) is 2.70. The number of nitrogens with two attached hydrogens (primary N) is 1. The summed E-state index contributed by atoms with van der Waals surface area (Å²) in [5, 5.41) is 5.84. The highest BCUT2D eigenvalue weighted by Crippen LogP contribution is 2.19. The number of hydrogen-bond acceptors (Lipinski definition) is 5. The lowest BCUT2D eigenvalue weighted by Gasteiger charge is -2.13. The molecule has 1 aromatic rings. The zero-order chi connectivity index (χ0) is 13.7. The molecule has 0 aromatic carbocycles. The zero-order valence-electron chi connectivity index (χ0n) is 10.6. The zero-order valence-corrected chi connectivity index (χ0v) is 11.4. The number of urea groups is 1. The molecule has 8 heteroatoms. The van der Waals surface area contributed by atoms with Crippen LogP contribution in [-0.4, -0.2) is 48.1 Å². The lowest BCUT2D eigenvalue weighted by atomic mass is 10.3. The summed E-state index contributed by atoms with van der Waals surface area (Å²) in [4.78, 5) is 20.6. The van der Waals surface area contributed by atoms with Crippen LogP contribution in [0.15, 0.2) is 0 Å². The predicted octanol–water partition coefficient (Wildman–Crippen LogP) is 0.704. The maximum atomic E-state index is 11.2. The summed E-state index contributed by atoms with van der Waals surface area (Å²) in [5.41, 5.74) is 6.88. The van der Waals surface area contributed by atoms with E-state index in [4.69, 9.17) is 17.3 Å². The Morgan fingerprint density at radius 2 is 2.06 bits per heavy atom. The van der Waals surface area contributed by atoms with Crippen molar-refractivity contribution in [3.63, 3.8) is 0 Å². The van der Waals surface area contributed by atoms with Gasteiger partial charge in [0.05, 0.1) is 11.4 Å². The van der Waals surface area contributed by atoms with Gasteiger partial charge < -0.3 is 21.3 Å². The Balaban J connectivity index is 2.47. The maximum absolute atomic E-state index is 11.2. The fraction of sp³-hybridized carbons (Fsp3) is 0.500. The first-order valence-electron chi connectivity index (χ1n) is 5.40. The van der Waals surface area contributed by atoms with Gasteiger partial charge in [-0.1, -0.05) is 0 Å². The lowest BCUT2D eigenvalue weighted by molar-refractivity contribution is 0.218. The molecule has 4 N–H and O–H groups in total. The number of nitrogens with one attached hydrogen (secondary N) is 2. The molecular weight excluding hydrogens is 256 g/mol. The van der Waals surface area contributed by atoms with E-state index in [0.717, 1.165) is 0 Å². The number of rotatable bonds is 4. The lowest BCUT2D eigenvalue weighted by Crippen LogP contribution is -2.37. The summed E-state index contributed by atoms with van der Waals surface area (Å²) in [5.74, 6) is 0.478. The molecule has 100 valence electrons. The molecule has 1 rings (SSSR count). The Morgan fingerprint density at radius 3 is 2.67 bits per heavy atom. The molecule has 0 fully saturated rings. The van der Waals surface area contributed by atoms with E-state index in [1.807, 2.05) is 0 Å². The van der Waals surface area contributed by atoms with E-state index in [1.54, 1.807) is 21.0 Å². The second kappa shape index (κ2) is 6.25. The molecule has 18 heavy (non-hydrogen) atoms. The Hall–Kier alpha value is -1.76. The fourth-order valence-corrected chi connectivity index (χ4v) is 1.40. The van der Waals surface area contributed by atoms with Crippen molar-refractivity contribution in [1.29, 1.82) is 0 Å². The Kier molecular flexibility index (Phi) is 4.96. The molecule has 0 aliphatic carbocycles. The largest absolute Gasteiger partial charge is 0.394 e. The molecule has 0 atom stereocenters. The van der Waals surface area contributed by atoms with Crippen molar-refractivity contribution in [1.82, 2.24) is 20.2 Å². The number of carbonyl (C=O) groups is 1. The van der Waals surface area contributed by atoms with E-state index < -0.39 is 0 Å². The molecule has 0 saturated carbocycles. The third kappa shape index (κ3) is 3.92. The Bertz CT molecular complexity index is 437. The molecule has 0 unspecified atom stereocenters. The minimum absolute atomic E-state index is 0.140. The summed E-state index contributed by atoms with van der Waals surface area (Å²) < 4.78 is 0. The second-order valence-electron chi connectivity index (χ2n) is 3.89. The average molecular weight is 273 g/mol. The first-order chi connectivity index (χ1) is 8.41. The Morgan fingerprint density at radius 1 is 1.39 bits per heavy atom. The number of anilines is 2. The number of carbonyl (C=O) groups excluding carboxylic acids is 1. The number of amides is 2. The van der Waals surface area contributed by atoms with Gasteiger partial charge in [-0.05, 0) is 18.5 Å². The van der Waals surface area contributed by atoms with E-state index in [-0.39, 0.29) is 11.3 Å². The minimum Gasteiger partial charge on any atom is -0.394 e. The van der Waals surface area contributed by atoms with Crippen molar-refractivity contribution in [2.75, 3.05) is 38.2 Å². The summed E-state index contributed by atoms with van der Waals surface area (Å²) in [6, 6.07) is -0.151. The van der Waals surface area contributed by atoms with E-state index in [0.29, 0.717) is 30.3 Å². The van der Waals surface area contributed by atoms with Gasteiger partial charge in [0.15, 0.2) is 5.82 Å². The summed E-state index contributed by atoms with van der Waals surface area (Å²) in [6.07, 6.45) is 0. The summed E-state index contributed by atoms with van der Waals surface area (Å²) >= 11 is 5.73. The van der Waals surface area contributed by atoms with Crippen LogP contribution in [0.2, 0.25) is 5.28 Å². The summed E-state index contributed by atoms with van der Waals surface area (Å²) in [7, 11) is 3.35. The molecule has 2 amide bonds. The molecule has 0 radical (unpaired) electrons. The highest BCUT2D eigenvalue weighted by atomic mass is 35.5. The van der Waals surface area contributed by atoms with Gasteiger partial charge in [0.2, 0.25) is 5.28 Å². The van der Waals surface area contributed by atoms with Crippen molar-refractivity contribution >= 4 is 29.1 Å². The van der Waals surface area contributed by atoms with Gasteiger partial charge in [-0.25, -0.2) is 9.78 Å². The van der Waals surface area contributed by atoms with Gasteiger partial charge in [-0.2, -0.15) is 4.98 Å². The van der Waals surface area contributed by atoms with Crippen LogP contribution in [0, 0.1) is 6.92 Å². The van der Waals surface area contributed by atoms with Crippen LogP contribution >= 0.6 is 11.6 Å². The van der Waals surface area contributed by atoms with E-state index in [9.17, 15) is 4.79 Å². The first kappa shape index (κ1) is 14.3. The SMILES string of the molecule is Cc1nc(Cl)nc(NCCNC(=O)N(C)C)c1N. The van der Waals surface area contributed by atoms with Crippen molar-refractivity contribution < 1.29 is 4.79 Å². The molecule has 0 aliphatic heterocycles. The van der Waals surface area contributed by atoms with Gasteiger partial charge in [0.1, 0.15) is 0 Å². The van der Waals surface area contributed by atoms with Crippen molar-refractivity contribution in [3.8, 4) is 0 Å². The molecule has 7 nitrogen and oxygen atoms in total. The predicted molar refractivity (Wildman–Crippen MR) is 71.8 cm³/mol. The molecule has 1 aromatic heterocycles. The normalized spacial score (nSPS) is 10.0. The number of nitrogen functional groups attached to an aromatic ring is 1. The smallest absolute Gasteiger partial charge is 0.316 e. The molecule has 0 aliphatic rings. The number of aryl methyl sites for hydroxylation is 1. The van der Waals surface area contributed by atoms with Gasteiger partial charge >= 0.3 is 6.03 Å². The molecule has 0 spiro atoms. The van der Waals surface area contributed by atoms with Gasteiger partial charge in [-0.15, -0.1) is 0 Å². The van der Waals surface area contributed by atoms with Crippen LogP contribution in [0.5, 0.6) is 0 Å². The van der Waals surface area contributed by atoms with E-state index >= 15 is 0 Å². The van der Waals surface area contributed by atoms with Crippen LogP contribution in [0.3, 0.4) is 0 Å². The number of nitrogens with zero attached hydrogens (tertiary/aromatic N) is 3. The average Bonchev–Trinajstić information content (AvgIpc) is 2.29. The van der Waals surface area contributed by atoms with Crippen molar-refractivity contribution in [3.05, 3.63) is 11.0 Å². The van der Waals surface area contributed by atoms with E-state index in [1.165, 1.54) is 4.90 Å². The highest BCUT2D eigenvalue weighted by Gasteiger charge is 2.07. The van der Waals surface area contributed by atoms with Gasteiger partial charge in [-0.3, -0.25) is 0 Å². The van der Waals surface area contributed by atoms with Crippen LogP contribution in [0.4, 0.5) is 16.3 Å². The monoisotopic (exact) mass is 272 g/mol. The fourth-order valence-electron chi connectivity index (χ4n) is 1.19. The first-order valence-corrected chi connectivity index (χ1v) is 5.78. The van der Waals surface area contributed by atoms with Crippen LogP contribution in [0.25, 0.3) is 0 Å². The Labute approximate surface area is 111 Å². The third-order valence-corrected chi connectivity index (χ3v) is 2.38. The van der Waals surface area contributed by atoms with Crippen LogP contribution in [-0.2, 0) is 0 Å². The number of halogens is 1. The van der Waals surface area contributed by atoms with Gasteiger partial charge in [0.25, 0.3) is 0 Å². The van der Waals surface area contributed by atoms with Gasteiger partial charge in [0, 0.05) is 27.2 Å². The molecule has 0 saturated heterocycles. The topological polar surface area (TPSA) is 96.2 Å². The second-order valence-corrected chi connectivity index (χ2v) is 4.23. The standard InChI is InChI=1S/C10H17ClN6O/c1-6-7(12)8(16-9(11)15-6)13-4-5-14-10(18)17(2)3/h4-5,12H2,1-3H3,(H,14,18)(H,13,15,16). The number of aromatic nitrogens is 2. The van der Waals surface area contributed by atoms with E-state index in [2.05, 4.69) is 20.6 Å². The maximum Gasteiger partial charge on any atom is 0.316 e. The van der Waals surface area contributed by atoms with Crippen LogP contribution in [0.1, 0.15) is 5.69 Å². The third-order valence-electron chi connectivity index (χ3n) is 2.21. The quantitative estimate of drug-likeness (QED) is 0.554. The number of hydrogen-bond donors (Lipinski definition) is 3. The highest BCUT2D eigenvalue weighted by molar-refractivity contribution is 6.28. The van der Waals surface area contributed by atoms with Crippen molar-refractivity contribution in [2.24, 2.45) is 0 Å². The van der Waals surface area contributed by atoms with Crippen LogP contribution < -0.4 is 16.4 Å². The molecule has 1 heterocycles.